The van der Waals surface area contributed by atoms with Crippen LogP contribution >= 0.6 is 0 Å². The third-order valence-electron chi connectivity index (χ3n) is 1.91. The fraction of sp³-hybridized carbons (Fsp3) is 0.182. The summed E-state index contributed by atoms with van der Waals surface area (Å²) in [4.78, 5) is 21.7. The molecule has 0 aliphatic heterocycles. The van der Waals surface area contributed by atoms with Crippen molar-refractivity contribution in [3.8, 4) is 5.75 Å². The van der Waals surface area contributed by atoms with Gasteiger partial charge in [0.2, 0.25) is 0 Å². The van der Waals surface area contributed by atoms with Gasteiger partial charge in [0, 0.05) is 17.4 Å². The van der Waals surface area contributed by atoms with Gasteiger partial charge >= 0.3 is 5.97 Å². The van der Waals surface area contributed by atoms with Gasteiger partial charge in [0.25, 0.3) is 0 Å². The van der Waals surface area contributed by atoms with E-state index in [1.807, 2.05) is 0 Å². The Morgan fingerprint density at radius 1 is 1.47 bits per heavy atom. The number of benzene rings is 1. The summed E-state index contributed by atoms with van der Waals surface area (Å²) in [6, 6.07) is 4.46. The van der Waals surface area contributed by atoms with Crippen molar-refractivity contribution in [2.45, 2.75) is 6.42 Å². The molecule has 17 heavy (non-hydrogen) atoms. The van der Waals surface area contributed by atoms with Crippen LogP contribution in [0.5, 0.6) is 5.75 Å². The number of carbonyl (C=O) groups is 2. The summed E-state index contributed by atoms with van der Waals surface area (Å²) in [5.74, 6) is -1.01. The van der Waals surface area contributed by atoms with Crippen LogP contribution in [0.4, 0.5) is 5.69 Å². The van der Waals surface area contributed by atoms with Gasteiger partial charge in [0.15, 0.2) is 0 Å². The van der Waals surface area contributed by atoms with Crippen molar-refractivity contribution >= 4 is 17.6 Å². The number of hydrogen-bond donors (Lipinski definition) is 2. The van der Waals surface area contributed by atoms with Crippen LogP contribution in [0, 0.1) is 6.92 Å². The summed E-state index contributed by atoms with van der Waals surface area (Å²) in [6.07, 6.45) is 0.0802. The number of hydrogen-bond acceptors (Lipinski definition) is 4. The van der Waals surface area contributed by atoms with Crippen LogP contribution in [0.15, 0.2) is 18.2 Å². The molecule has 0 aromatic heterocycles. The third-order valence-corrected chi connectivity index (χ3v) is 1.91. The molecule has 0 atom stereocenters. The zero-order valence-corrected chi connectivity index (χ0v) is 10.5. The summed E-state index contributed by atoms with van der Waals surface area (Å²) < 4.78 is 4.50. The number of phenolic OH excluding ortho intramolecular Hbond substituents is 1. The summed E-state index contributed by atoms with van der Waals surface area (Å²) in [7, 11) is 1.29. The summed E-state index contributed by atoms with van der Waals surface area (Å²) in [5, 5.41) is 11.8. The molecule has 0 aliphatic rings. The predicted octanol–water partition coefficient (Wildman–Crippen LogP) is 0.878. The van der Waals surface area contributed by atoms with E-state index in [-0.39, 0.29) is 35.2 Å². The van der Waals surface area contributed by atoms with Gasteiger partial charge in [-0.05, 0) is 17.7 Å². The first-order chi connectivity index (χ1) is 7.52. The van der Waals surface area contributed by atoms with Crippen LogP contribution in [0.25, 0.3) is 0 Å². The smallest absolute Gasteiger partial charge is 0.309 e. The fourth-order valence-corrected chi connectivity index (χ4v) is 1.18. The van der Waals surface area contributed by atoms with Crippen LogP contribution in [0.2, 0.25) is 0 Å². The molecule has 1 rings (SSSR count). The van der Waals surface area contributed by atoms with E-state index in [0.29, 0.717) is 5.56 Å². The van der Waals surface area contributed by atoms with E-state index in [0.717, 1.165) is 0 Å². The number of anilines is 1. The van der Waals surface area contributed by atoms with E-state index in [1.165, 1.54) is 19.2 Å². The molecule has 5 nitrogen and oxygen atoms in total. The largest absolute Gasteiger partial charge is 0.506 e. The monoisotopic (exact) mass is 274 g/mol. The molecule has 1 amide bonds. The van der Waals surface area contributed by atoms with Gasteiger partial charge in [0.1, 0.15) is 5.75 Å². The second kappa shape index (κ2) is 6.84. The fourth-order valence-electron chi connectivity index (χ4n) is 1.18. The maximum atomic E-state index is 11.0. The molecule has 0 heterocycles. The normalized spacial score (nSPS) is 9.00. The zero-order valence-electron chi connectivity index (χ0n) is 9.23. The van der Waals surface area contributed by atoms with Gasteiger partial charge in [-0.3, -0.25) is 4.79 Å². The summed E-state index contributed by atoms with van der Waals surface area (Å²) >= 11 is 0. The van der Waals surface area contributed by atoms with Gasteiger partial charge in [0.05, 0.1) is 25.1 Å². The van der Waals surface area contributed by atoms with Crippen molar-refractivity contribution in [2.24, 2.45) is 0 Å². The van der Waals surface area contributed by atoms with Crippen LogP contribution in [0.3, 0.4) is 0 Å². The van der Waals surface area contributed by atoms with Crippen LogP contribution in [-0.4, -0.2) is 24.1 Å². The van der Waals surface area contributed by atoms with Gasteiger partial charge in [-0.2, -0.15) is 0 Å². The van der Waals surface area contributed by atoms with E-state index in [1.54, 1.807) is 6.07 Å². The maximum absolute atomic E-state index is 11.0. The SMILES string of the molecule is [CH2-]C(=O)Nc1cc(CC(=O)OC)ccc1O.[Cr]. The Bertz CT molecular complexity index is 420. The molecule has 0 fully saturated rings. The Kier molecular flexibility index (Phi) is 6.18. The number of esters is 1. The Morgan fingerprint density at radius 3 is 2.65 bits per heavy atom. The standard InChI is InChI=1S/C11H12NO4.Cr/c1-7(13)12-9-5-8(3-4-10(9)14)6-11(15)16-2;/h3-5,14H,1,6H2,2H3,(H,12,13);/q-1;. The molecule has 0 saturated carbocycles. The molecule has 0 unspecified atom stereocenters. The van der Waals surface area contributed by atoms with Crippen molar-refractivity contribution in [3.63, 3.8) is 0 Å². The van der Waals surface area contributed by atoms with E-state index in [4.69, 9.17) is 0 Å². The minimum absolute atomic E-state index is 0. The second-order valence-electron chi connectivity index (χ2n) is 3.15. The second-order valence-corrected chi connectivity index (χ2v) is 3.15. The van der Waals surface area contributed by atoms with Crippen LogP contribution in [0.1, 0.15) is 5.56 Å². The van der Waals surface area contributed by atoms with E-state index in [2.05, 4.69) is 17.0 Å². The van der Waals surface area contributed by atoms with Gasteiger partial charge in [-0.15, -0.1) is 0 Å². The minimum Gasteiger partial charge on any atom is -0.506 e. The molecule has 1 aromatic rings. The molecule has 0 spiro atoms. The first-order valence-corrected chi connectivity index (χ1v) is 4.54. The Morgan fingerprint density at radius 2 is 2.12 bits per heavy atom. The van der Waals surface area contributed by atoms with Crippen LogP contribution in [-0.2, 0) is 38.1 Å². The number of ether oxygens (including phenoxy) is 1. The average Bonchev–Trinajstić information content (AvgIpc) is 2.22. The van der Waals surface area contributed by atoms with Gasteiger partial charge in [-0.1, -0.05) is 6.07 Å². The first kappa shape index (κ1) is 15.4. The number of aromatic hydroxyl groups is 1. The topological polar surface area (TPSA) is 75.6 Å². The maximum Gasteiger partial charge on any atom is 0.309 e. The van der Waals surface area contributed by atoms with Gasteiger partial charge in [-0.25, -0.2) is 0 Å². The van der Waals surface area contributed by atoms with Crippen LogP contribution < -0.4 is 5.32 Å². The number of carbonyl (C=O) groups excluding carboxylic acids is 2. The number of methoxy groups -OCH3 is 1. The molecule has 2 N–H and O–H groups in total. The van der Waals surface area contributed by atoms with Crippen molar-refractivity contribution in [3.05, 3.63) is 30.7 Å². The summed E-state index contributed by atoms with van der Waals surface area (Å²) in [6.45, 7) is 3.13. The molecule has 0 radical (unpaired) electrons. The Balaban J connectivity index is 0.00000256. The van der Waals surface area contributed by atoms with Gasteiger partial charge < -0.3 is 26.9 Å². The zero-order chi connectivity index (χ0) is 12.1. The molecule has 1 aromatic carbocycles. The quantitative estimate of drug-likeness (QED) is 0.487. The number of phenols is 1. The van der Waals surface area contributed by atoms with E-state index < -0.39 is 11.9 Å². The van der Waals surface area contributed by atoms with Crippen molar-refractivity contribution < 1.29 is 36.8 Å². The van der Waals surface area contributed by atoms with Crippen molar-refractivity contribution in [1.82, 2.24) is 0 Å². The molecular weight excluding hydrogens is 262 g/mol. The number of amides is 1. The minimum atomic E-state index is -0.537. The molecule has 6 heteroatoms. The van der Waals surface area contributed by atoms with E-state index in [9.17, 15) is 14.7 Å². The average molecular weight is 274 g/mol. The van der Waals surface area contributed by atoms with Crippen molar-refractivity contribution in [1.29, 1.82) is 0 Å². The summed E-state index contributed by atoms with van der Waals surface area (Å²) in [5.41, 5.74) is 0.856. The Hall–Kier alpha value is -1.64. The van der Waals surface area contributed by atoms with Crippen molar-refractivity contribution in [2.75, 3.05) is 12.4 Å². The Labute approximate surface area is 110 Å². The molecule has 0 saturated heterocycles. The predicted molar refractivity (Wildman–Crippen MR) is 57.8 cm³/mol. The first-order valence-electron chi connectivity index (χ1n) is 4.54. The molecule has 92 valence electrons. The third kappa shape index (κ3) is 4.81. The molecular formula is C11H12CrNO4-. The molecule has 0 aliphatic carbocycles. The van der Waals surface area contributed by atoms with E-state index >= 15 is 0 Å². The molecule has 0 bridgehead atoms. The number of rotatable bonds is 3. The number of nitrogens with one attached hydrogen (secondary N) is 1.